The first-order chi connectivity index (χ1) is 16.9. The van der Waals surface area contributed by atoms with Gasteiger partial charge in [0.2, 0.25) is 0 Å². The predicted octanol–water partition coefficient (Wildman–Crippen LogP) is 4.42. The van der Waals surface area contributed by atoms with Crippen LogP contribution in [0.4, 0.5) is 0 Å². The molecule has 8 nitrogen and oxygen atoms in total. The average Bonchev–Trinajstić information content (AvgIpc) is 2.84. The number of hydrogen-bond acceptors (Lipinski definition) is 8. The van der Waals surface area contributed by atoms with E-state index in [2.05, 4.69) is 0 Å². The molecule has 0 aliphatic carbocycles. The van der Waals surface area contributed by atoms with Crippen molar-refractivity contribution >= 4 is 27.9 Å². The van der Waals surface area contributed by atoms with E-state index >= 15 is 0 Å². The number of hydrogen-bond donors (Lipinski definition) is 2. The Morgan fingerprint density at radius 3 is 2.49 bits per heavy atom. The standard InChI is InChI=1S/C27H16O8/c28-14-7-5-13(6-8-14)21-10-18(29)25-19(30)11-22-24(27(25)35-21)16(9-23(31)34-22)17-12-33-20-4-2-1-3-15(20)26(17)32/h1-8,10-12,16,28,30H,9H2/t16-/m0/s1. The second kappa shape index (κ2) is 7.59. The maximum Gasteiger partial charge on any atom is 0.312 e. The molecule has 3 heterocycles. The molecule has 0 saturated carbocycles. The second-order valence-corrected chi connectivity index (χ2v) is 8.28. The van der Waals surface area contributed by atoms with E-state index in [4.69, 9.17) is 13.6 Å². The molecule has 0 saturated heterocycles. The van der Waals surface area contributed by atoms with Crippen molar-refractivity contribution < 1.29 is 28.6 Å². The van der Waals surface area contributed by atoms with Crippen molar-refractivity contribution in [3.05, 3.63) is 98.5 Å². The molecule has 172 valence electrons. The summed E-state index contributed by atoms with van der Waals surface area (Å²) in [7, 11) is 0. The number of aromatic hydroxyl groups is 2. The first-order valence-corrected chi connectivity index (χ1v) is 10.7. The fourth-order valence-electron chi connectivity index (χ4n) is 4.53. The minimum Gasteiger partial charge on any atom is -0.508 e. The van der Waals surface area contributed by atoms with Gasteiger partial charge in [-0.2, -0.15) is 0 Å². The van der Waals surface area contributed by atoms with E-state index in [9.17, 15) is 24.6 Å². The number of carbonyl (C=O) groups excluding carboxylic acids is 1. The van der Waals surface area contributed by atoms with Crippen molar-refractivity contribution in [2.24, 2.45) is 0 Å². The van der Waals surface area contributed by atoms with Gasteiger partial charge in [-0.1, -0.05) is 12.1 Å². The number of phenolic OH excluding ortho intramolecular Hbond substituents is 2. The maximum absolute atomic E-state index is 13.4. The van der Waals surface area contributed by atoms with Crippen LogP contribution in [-0.4, -0.2) is 16.2 Å². The molecule has 3 aromatic carbocycles. The zero-order chi connectivity index (χ0) is 24.3. The molecule has 1 atom stereocenters. The Hall–Kier alpha value is -4.85. The van der Waals surface area contributed by atoms with Crippen LogP contribution in [0.5, 0.6) is 17.2 Å². The summed E-state index contributed by atoms with van der Waals surface area (Å²) in [6, 6.07) is 15.2. The second-order valence-electron chi connectivity index (χ2n) is 8.28. The Labute approximate surface area is 196 Å². The number of phenols is 2. The van der Waals surface area contributed by atoms with Gasteiger partial charge in [0.1, 0.15) is 39.6 Å². The normalized spacial score (nSPS) is 15.2. The molecule has 2 aromatic heterocycles. The lowest BCUT2D eigenvalue weighted by Gasteiger charge is -2.25. The Morgan fingerprint density at radius 2 is 1.69 bits per heavy atom. The Kier molecular flexibility index (Phi) is 4.50. The van der Waals surface area contributed by atoms with E-state index in [1.165, 1.54) is 30.5 Å². The van der Waals surface area contributed by atoms with Crippen LogP contribution in [0, 0.1) is 0 Å². The number of benzene rings is 3. The molecule has 0 bridgehead atoms. The van der Waals surface area contributed by atoms with E-state index in [0.717, 1.165) is 0 Å². The van der Waals surface area contributed by atoms with Gasteiger partial charge in [-0.25, -0.2) is 0 Å². The molecule has 1 aliphatic rings. The molecule has 0 unspecified atom stereocenters. The third-order valence-electron chi connectivity index (χ3n) is 6.16. The highest BCUT2D eigenvalue weighted by Gasteiger charge is 2.35. The summed E-state index contributed by atoms with van der Waals surface area (Å²) in [5.41, 5.74) is 0.557. The molecule has 0 fully saturated rings. The molecule has 0 spiro atoms. The van der Waals surface area contributed by atoms with Crippen LogP contribution in [0.3, 0.4) is 0 Å². The lowest BCUT2D eigenvalue weighted by molar-refractivity contribution is -0.135. The molecule has 35 heavy (non-hydrogen) atoms. The number of rotatable bonds is 2. The highest BCUT2D eigenvalue weighted by atomic mass is 16.5. The predicted molar refractivity (Wildman–Crippen MR) is 126 cm³/mol. The van der Waals surface area contributed by atoms with Crippen LogP contribution in [0.15, 0.2) is 85.4 Å². The minimum atomic E-state index is -0.839. The minimum absolute atomic E-state index is 0.000587. The Bertz CT molecular complexity index is 1780. The van der Waals surface area contributed by atoms with Crippen LogP contribution in [0.2, 0.25) is 0 Å². The summed E-state index contributed by atoms with van der Waals surface area (Å²) >= 11 is 0. The van der Waals surface area contributed by atoms with E-state index in [-0.39, 0.29) is 51.2 Å². The number of para-hydroxylation sites is 1. The summed E-state index contributed by atoms with van der Waals surface area (Å²) in [5.74, 6) is -1.64. The molecule has 6 rings (SSSR count). The van der Waals surface area contributed by atoms with Crippen molar-refractivity contribution in [2.75, 3.05) is 0 Å². The SMILES string of the molecule is O=C1C[C@@H](c2coc3ccccc3c2=O)c2c(cc(O)c3c(=O)cc(-c4ccc(O)cc4)oc23)O1. The highest BCUT2D eigenvalue weighted by Crippen LogP contribution is 2.45. The van der Waals surface area contributed by atoms with E-state index in [1.54, 1.807) is 36.4 Å². The van der Waals surface area contributed by atoms with Crippen LogP contribution in [0.1, 0.15) is 23.5 Å². The smallest absolute Gasteiger partial charge is 0.312 e. The number of esters is 1. The lowest BCUT2D eigenvalue weighted by Crippen LogP contribution is -2.25. The third kappa shape index (κ3) is 3.26. The highest BCUT2D eigenvalue weighted by molar-refractivity contribution is 5.93. The van der Waals surface area contributed by atoms with Crippen molar-refractivity contribution in [3.63, 3.8) is 0 Å². The summed E-state index contributed by atoms with van der Waals surface area (Å²) in [6.07, 6.45) is 1.11. The van der Waals surface area contributed by atoms with Crippen LogP contribution in [-0.2, 0) is 4.79 Å². The van der Waals surface area contributed by atoms with Crippen LogP contribution in [0.25, 0.3) is 33.3 Å². The van der Waals surface area contributed by atoms with Gasteiger partial charge in [-0.3, -0.25) is 14.4 Å². The fourth-order valence-corrected chi connectivity index (χ4v) is 4.53. The van der Waals surface area contributed by atoms with E-state index in [1.807, 2.05) is 0 Å². The van der Waals surface area contributed by atoms with Crippen LogP contribution < -0.4 is 15.6 Å². The monoisotopic (exact) mass is 468 g/mol. The topological polar surface area (TPSA) is 127 Å². The molecule has 2 N–H and O–H groups in total. The van der Waals surface area contributed by atoms with Gasteiger partial charge in [0.05, 0.1) is 18.1 Å². The third-order valence-corrected chi connectivity index (χ3v) is 6.16. The van der Waals surface area contributed by atoms with Crippen molar-refractivity contribution in [1.29, 1.82) is 0 Å². The van der Waals surface area contributed by atoms with Gasteiger partial charge in [-0.15, -0.1) is 0 Å². The molecular weight excluding hydrogens is 452 g/mol. The Morgan fingerprint density at radius 1 is 0.914 bits per heavy atom. The maximum atomic E-state index is 13.4. The van der Waals surface area contributed by atoms with Gasteiger partial charge in [0.15, 0.2) is 10.9 Å². The number of fused-ring (bicyclic) bond motifs is 4. The average molecular weight is 468 g/mol. The first kappa shape index (κ1) is 20.7. The molecule has 1 aliphatic heterocycles. The first-order valence-electron chi connectivity index (χ1n) is 10.7. The van der Waals surface area contributed by atoms with Crippen molar-refractivity contribution in [2.45, 2.75) is 12.3 Å². The fraction of sp³-hybridized carbons (Fsp3) is 0.0741. The molecule has 0 radical (unpaired) electrons. The van der Waals surface area contributed by atoms with E-state index in [0.29, 0.717) is 16.5 Å². The zero-order valence-electron chi connectivity index (χ0n) is 18.0. The summed E-state index contributed by atoms with van der Waals surface area (Å²) in [4.78, 5) is 38.9. The van der Waals surface area contributed by atoms with Gasteiger partial charge < -0.3 is 23.8 Å². The van der Waals surface area contributed by atoms with Crippen molar-refractivity contribution in [1.82, 2.24) is 0 Å². The molecule has 8 heteroatoms. The largest absolute Gasteiger partial charge is 0.508 e. The van der Waals surface area contributed by atoms with Gasteiger partial charge >= 0.3 is 5.97 Å². The van der Waals surface area contributed by atoms with E-state index < -0.39 is 23.1 Å². The summed E-state index contributed by atoms with van der Waals surface area (Å²) in [5, 5.41) is 20.4. The summed E-state index contributed by atoms with van der Waals surface area (Å²) < 4.78 is 17.1. The molecule has 5 aromatic rings. The Balaban J connectivity index is 1.67. The quantitative estimate of drug-likeness (QED) is 0.288. The van der Waals surface area contributed by atoms with Gasteiger partial charge in [0.25, 0.3) is 0 Å². The molecular formula is C27H16O8. The van der Waals surface area contributed by atoms with Crippen LogP contribution >= 0.6 is 0 Å². The lowest BCUT2D eigenvalue weighted by atomic mass is 9.85. The van der Waals surface area contributed by atoms with Crippen molar-refractivity contribution in [3.8, 4) is 28.6 Å². The zero-order valence-corrected chi connectivity index (χ0v) is 18.0. The summed E-state index contributed by atoms with van der Waals surface area (Å²) in [6.45, 7) is 0. The van der Waals surface area contributed by atoms with Gasteiger partial charge in [0, 0.05) is 34.7 Å². The number of ether oxygens (including phenoxy) is 1. The van der Waals surface area contributed by atoms with Gasteiger partial charge in [-0.05, 0) is 36.4 Å². The number of carbonyl (C=O) groups is 1. The molecule has 0 amide bonds.